The molecular weight excluding hydrogens is 548 g/mol. The second-order valence-electron chi connectivity index (χ2n) is 10.1. The van der Waals surface area contributed by atoms with Crippen molar-refractivity contribution in [2.75, 3.05) is 7.11 Å². The van der Waals surface area contributed by atoms with E-state index in [0.717, 1.165) is 22.0 Å². The Morgan fingerprint density at radius 2 is 1.67 bits per heavy atom. The molecule has 0 aliphatic carbocycles. The van der Waals surface area contributed by atoms with Gasteiger partial charge < -0.3 is 28.9 Å². The number of para-hydroxylation sites is 1. The number of aromatic nitrogens is 1. The number of carbonyl (C=O) groups is 2. The highest BCUT2D eigenvalue weighted by molar-refractivity contribution is 6.06. The Kier molecular flexibility index (Phi) is 7.53. The van der Waals surface area contributed by atoms with Crippen molar-refractivity contribution in [2.45, 2.75) is 26.0 Å². The summed E-state index contributed by atoms with van der Waals surface area (Å²) in [4.78, 5) is 42.5. The lowest BCUT2D eigenvalue weighted by atomic mass is 10.0. The zero-order chi connectivity index (χ0) is 29.9. The number of hydrogen-bond donors (Lipinski definition) is 2. The van der Waals surface area contributed by atoms with E-state index in [0.29, 0.717) is 33.1 Å². The van der Waals surface area contributed by atoms with E-state index in [1.54, 1.807) is 43.5 Å². The van der Waals surface area contributed by atoms with E-state index in [1.165, 1.54) is 7.11 Å². The van der Waals surface area contributed by atoms with Crippen molar-refractivity contribution in [3.8, 4) is 11.5 Å². The molecule has 2 N–H and O–H groups in total. The van der Waals surface area contributed by atoms with E-state index in [-0.39, 0.29) is 18.8 Å². The van der Waals surface area contributed by atoms with Crippen molar-refractivity contribution in [3.63, 3.8) is 0 Å². The number of esters is 1. The number of aryl methyl sites for hydroxylation is 1. The molecule has 1 atom stereocenters. The molecule has 6 aromatic rings. The van der Waals surface area contributed by atoms with Crippen molar-refractivity contribution in [1.82, 2.24) is 10.3 Å². The first-order chi connectivity index (χ1) is 20.9. The van der Waals surface area contributed by atoms with Gasteiger partial charge in [-0.3, -0.25) is 0 Å². The van der Waals surface area contributed by atoms with Crippen molar-refractivity contribution in [3.05, 3.63) is 118 Å². The zero-order valence-electron chi connectivity index (χ0n) is 23.5. The van der Waals surface area contributed by atoms with E-state index in [9.17, 15) is 14.4 Å². The Balaban J connectivity index is 1.29. The number of amides is 1. The fraction of sp³-hybridized carbons (Fsp3) is 0.147. The smallest absolute Gasteiger partial charge is 0.408 e. The Labute approximate surface area is 246 Å². The van der Waals surface area contributed by atoms with Gasteiger partial charge >= 0.3 is 17.7 Å². The van der Waals surface area contributed by atoms with Crippen LogP contribution in [0.3, 0.4) is 0 Å². The number of carbonyl (C=O) groups excluding carboxylic acids is 2. The topological polar surface area (TPSA) is 120 Å². The van der Waals surface area contributed by atoms with Crippen LogP contribution in [0.4, 0.5) is 4.79 Å². The Bertz CT molecular complexity index is 2030. The summed E-state index contributed by atoms with van der Waals surface area (Å²) in [5.41, 5.74) is 2.78. The Morgan fingerprint density at radius 1 is 0.907 bits per heavy atom. The SMILES string of the molecule is COc1ccc2c(c1)c(=O)oc1c(C)c(OC(=O)C(Cc3c[nH]c4ccccc34)NC(=O)OCc3ccccc3)ccc12. The van der Waals surface area contributed by atoms with E-state index < -0.39 is 23.7 Å². The molecule has 0 aliphatic rings. The maximum absolute atomic E-state index is 13.6. The Morgan fingerprint density at radius 3 is 2.49 bits per heavy atom. The van der Waals surface area contributed by atoms with Crippen LogP contribution in [0.25, 0.3) is 32.6 Å². The second-order valence-corrected chi connectivity index (χ2v) is 10.1. The number of benzene rings is 4. The van der Waals surface area contributed by atoms with Gasteiger partial charge in [-0.25, -0.2) is 14.4 Å². The minimum Gasteiger partial charge on any atom is -0.497 e. The molecule has 0 aliphatic heterocycles. The van der Waals surface area contributed by atoms with Gasteiger partial charge in [0, 0.05) is 39.9 Å². The average Bonchev–Trinajstić information content (AvgIpc) is 3.44. The fourth-order valence-corrected chi connectivity index (χ4v) is 5.13. The average molecular weight is 577 g/mol. The van der Waals surface area contributed by atoms with Crippen LogP contribution in [0.15, 0.2) is 100 Å². The summed E-state index contributed by atoms with van der Waals surface area (Å²) in [5.74, 6) is 0.0478. The molecule has 0 saturated heterocycles. The molecule has 0 fully saturated rings. The first-order valence-corrected chi connectivity index (χ1v) is 13.7. The third-order valence-electron chi connectivity index (χ3n) is 7.39. The molecule has 9 nitrogen and oxygen atoms in total. The number of alkyl carbamates (subject to hydrolysis) is 1. The normalized spacial score (nSPS) is 11.9. The molecule has 43 heavy (non-hydrogen) atoms. The Hall–Kier alpha value is -5.57. The molecule has 0 radical (unpaired) electrons. The molecule has 0 spiro atoms. The standard InChI is InChI=1S/C34H28N2O7/c1-20-30(15-14-26-25-13-12-23(40-2)17-27(25)32(37)43-31(20)26)42-33(38)29(16-22-18-35-28-11-7-6-10-24(22)28)36-34(39)41-19-21-8-4-3-5-9-21/h3-15,17-18,29,35H,16,19H2,1-2H3,(H,36,39). The van der Waals surface area contributed by atoms with E-state index in [1.807, 2.05) is 54.6 Å². The molecule has 0 saturated carbocycles. The lowest BCUT2D eigenvalue weighted by Crippen LogP contribution is -2.44. The molecule has 6 rings (SSSR count). The lowest BCUT2D eigenvalue weighted by molar-refractivity contribution is -0.136. The van der Waals surface area contributed by atoms with Crippen LogP contribution in [0, 0.1) is 6.92 Å². The summed E-state index contributed by atoms with van der Waals surface area (Å²) in [5, 5.41) is 5.36. The van der Waals surface area contributed by atoms with Crippen molar-refractivity contribution in [2.24, 2.45) is 0 Å². The number of H-pyrrole nitrogens is 1. The van der Waals surface area contributed by atoms with E-state index in [4.69, 9.17) is 18.6 Å². The van der Waals surface area contributed by atoms with E-state index in [2.05, 4.69) is 10.3 Å². The molecule has 2 heterocycles. The molecule has 2 aromatic heterocycles. The van der Waals surface area contributed by atoms with Gasteiger partial charge in [0.2, 0.25) is 0 Å². The molecule has 1 unspecified atom stereocenters. The largest absolute Gasteiger partial charge is 0.497 e. The highest BCUT2D eigenvalue weighted by Crippen LogP contribution is 2.32. The van der Waals surface area contributed by atoms with Crippen LogP contribution in [0.2, 0.25) is 0 Å². The maximum Gasteiger partial charge on any atom is 0.408 e. The van der Waals surface area contributed by atoms with Gasteiger partial charge in [0.05, 0.1) is 12.5 Å². The van der Waals surface area contributed by atoms with E-state index >= 15 is 0 Å². The zero-order valence-corrected chi connectivity index (χ0v) is 23.5. The molecule has 9 heteroatoms. The third-order valence-corrected chi connectivity index (χ3v) is 7.39. The van der Waals surface area contributed by atoms with Crippen LogP contribution in [-0.2, 0) is 22.6 Å². The first-order valence-electron chi connectivity index (χ1n) is 13.7. The van der Waals surface area contributed by atoms with Crippen molar-refractivity contribution in [1.29, 1.82) is 0 Å². The van der Waals surface area contributed by atoms with Crippen LogP contribution in [0.5, 0.6) is 11.5 Å². The highest BCUT2D eigenvalue weighted by atomic mass is 16.6. The summed E-state index contributed by atoms with van der Waals surface area (Å²) >= 11 is 0. The number of fused-ring (bicyclic) bond motifs is 4. The monoisotopic (exact) mass is 576 g/mol. The quantitative estimate of drug-likeness (QED) is 0.0960. The van der Waals surface area contributed by atoms with Crippen LogP contribution < -0.4 is 20.4 Å². The minimum atomic E-state index is -1.08. The number of aromatic amines is 1. The summed E-state index contributed by atoms with van der Waals surface area (Å²) in [6.07, 6.45) is 1.20. The lowest BCUT2D eigenvalue weighted by Gasteiger charge is -2.18. The van der Waals surface area contributed by atoms with Crippen LogP contribution >= 0.6 is 0 Å². The second kappa shape index (κ2) is 11.7. The molecule has 4 aromatic carbocycles. The molecule has 0 bridgehead atoms. The summed E-state index contributed by atoms with van der Waals surface area (Å²) in [7, 11) is 1.53. The molecular formula is C34H28N2O7. The predicted molar refractivity (Wildman–Crippen MR) is 162 cm³/mol. The summed E-state index contributed by atoms with van der Waals surface area (Å²) < 4.78 is 22.1. The number of hydrogen-bond acceptors (Lipinski definition) is 7. The number of nitrogens with one attached hydrogen (secondary N) is 2. The van der Waals surface area contributed by atoms with Gasteiger partial charge in [0.25, 0.3) is 0 Å². The first kappa shape index (κ1) is 27.6. The minimum absolute atomic E-state index is 0.0458. The maximum atomic E-state index is 13.6. The number of ether oxygens (including phenoxy) is 3. The summed E-state index contributed by atoms with van der Waals surface area (Å²) in [6.45, 7) is 1.75. The van der Waals surface area contributed by atoms with Gasteiger partial charge in [-0.2, -0.15) is 0 Å². The van der Waals surface area contributed by atoms with Gasteiger partial charge in [0.15, 0.2) is 0 Å². The number of methoxy groups -OCH3 is 1. The number of rotatable bonds is 8. The molecule has 1 amide bonds. The third kappa shape index (κ3) is 5.65. The van der Waals surface area contributed by atoms with Crippen molar-refractivity contribution >= 4 is 44.7 Å². The van der Waals surface area contributed by atoms with Gasteiger partial charge in [-0.15, -0.1) is 0 Å². The van der Waals surface area contributed by atoms with Gasteiger partial charge in [0.1, 0.15) is 29.7 Å². The highest BCUT2D eigenvalue weighted by Gasteiger charge is 2.26. The van der Waals surface area contributed by atoms with Gasteiger partial charge in [-0.1, -0.05) is 48.5 Å². The van der Waals surface area contributed by atoms with Crippen molar-refractivity contribution < 1.29 is 28.2 Å². The summed E-state index contributed by atoms with van der Waals surface area (Å²) in [6, 6.07) is 24.4. The van der Waals surface area contributed by atoms with Crippen LogP contribution in [0.1, 0.15) is 16.7 Å². The fourth-order valence-electron chi connectivity index (χ4n) is 5.13. The van der Waals surface area contributed by atoms with Crippen LogP contribution in [-0.4, -0.2) is 30.2 Å². The predicted octanol–water partition coefficient (Wildman–Crippen LogP) is 6.19. The van der Waals surface area contributed by atoms with Gasteiger partial charge in [-0.05, 0) is 54.4 Å². The molecule has 216 valence electrons.